The standard InChI is InChI=1S/C8H15O4P/c1-3-5-11-7-13(9,10)8-12-6-4-2/h3-4H,1-2,5-8H2,(H,9,10). The van der Waals surface area contributed by atoms with Crippen LogP contribution in [0.5, 0.6) is 0 Å². The van der Waals surface area contributed by atoms with Gasteiger partial charge >= 0.3 is 0 Å². The van der Waals surface area contributed by atoms with Gasteiger partial charge in [0.05, 0.1) is 13.2 Å². The van der Waals surface area contributed by atoms with E-state index < -0.39 is 7.37 Å². The van der Waals surface area contributed by atoms with E-state index in [0.717, 1.165) is 0 Å². The molecule has 0 amide bonds. The number of hydrogen-bond acceptors (Lipinski definition) is 3. The van der Waals surface area contributed by atoms with E-state index in [4.69, 9.17) is 9.47 Å². The van der Waals surface area contributed by atoms with Gasteiger partial charge in [-0.2, -0.15) is 0 Å². The fourth-order valence-corrected chi connectivity index (χ4v) is 1.45. The quantitative estimate of drug-likeness (QED) is 0.372. The minimum atomic E-state index is -3.29. The number of hydrogen-bond donors (Lipinski definition) is 1. The molecule has 0 bridgehead atoms. The lowest BCUT2D eigenvalue weighted by Crippen LogP contribution is -2.02. The van der Waals surface area contributed by atoms with E-state index >= 15 is 0 Å². The summed E-state index contributed by atoms with van der Waals surface area (Å²) in [6, 6.07) is 0. The van der Waals surface area contributed by atoms with Crippen LogP contribution >= 0.6 is 7.37 Å². The van der Waals surface area contributed by atoms with Crippen LogP contribution in [-0.4, -0.2) is 30.8 Å². The highest BCUT2D eigenvalue weighted by atomic mass is 31.2. The second-order valence-electron chi connectivity index (χ2n) is 2.42. The molecule has 1 N–H and O–H groups in total. The normalized spacial score (nSPS) is 11.2. The van der Waals surface area contributed by atoms with E-state index in [0.29, 0.717) is 0 Å². The zero-order valence-electron chi connectivity index (χ0n) is 7.52. The summed E-state index contributed by atoms with van der Waals surface area (Å²) in [4.78, 5) is 9.20. The smallest absolute Gasteiger partial charge is 0.250 e. The largest absolute Gasteiger partial charge is 0.367 e. The molecule has 0 unspecified atom stereocenters. The third-order valence-electron chi connectivity index (χ3n) is 1.06. The molecule has 0 aromatic heterocycles. The lowest BCUT2D eigenvalue weighted by atomic mass is 10.7. The molecular formula is C8H15O4P. The predicted octanol–water partition coefficient (Wildman–Crippen LogP) is 1.58. The van der Waals surface area contributed by atoms with Crippen molar-refractivity contribution in [3.8, 4) is 0 Å². The fraction of sp³-hybridized carbons (Fsp3) is 0.500. The van der Waals surface area contributed by atoms with Crippen LogP contribution in [0.4, 0.5) is 0 Å². The molecule has 4 nitrogen and oxygen atoms in total. The highest BCUT2D eigenvalue weighted by Crippen LogP contribution is 2.39. The van der Waals surface area contributed by atoms with E-state index in [1.165, 1.54) is 12.2 Å². The van der Waals surface area contributed by atoms with Gasteiger partial charge < -0.3 is 14.4 Å². The van der Waals surface area contributed by atoms with E-state index in [9.17, 15) is 9.46 Å². The van der Waals surface area contributed by atoms with Crippen molar-refractivity contribution in [3.63, 3.8) is 0 Å². The molecule has 0 aromatic rings. The molecule has 0 aliphatic carbocycles. The molecule has 0 saturated heterocycles. The van der Waals surface area contributed by atoms with Gasteiger partial charge in [0.15, 0.2) is 0 Å². The molecule has 0 heterocycles. The SMILES string of the molecule is C=CCOCP(=O)(O)COCC=C. The van der Waals surface area contributed by atoms with Crippen LogP contribution < -0.4 is 0 Å². The van der Waals surface area contributed by atoms with Crippen molar-refractivity contribution in [2.45, 2.75) is 0 Å². The first-order valence-electron chi connectivity index (χ1n) is 3.80. The van der Waals surface area contributed by atoms with Crippen molar-refractivity contribution in [1.82, 2.24) is 0 Å². The molecule has 0 radical (unpaired) electrons. The third kappa shape index (κ3) is 7.94. The Morgan fingerprint density at radius 3 is 1.85 bits per heavy atom. The Hall–Kier alpha value is -0.410. The van der Waals surface area contributed by atoms with Crippen molar-refractivity contribution < 1.29 is 18.9 Å². The summed E-state index contributed by atoms with van der Waals surface area (Å²) in [6.07, 6.45) is 2.64. The van der Waals surface area contributed by atoms with Crippen LogP contribution in [0.25, 0.3) is 0 Å². The Morgan fingerprint density at radius 2 is 1.54 bits per heavy atom. The minimum absolute atomic E-state index is 0.198. The first-order valence-corrected chi connectivity index (χ1v) is 5.83. The molecule has 0 rings (SSSR count). The first-order chi connectivity index (χ1) is 6.12. The zero-order valence-corrected chi connectivity index (χ0v) is 8.41. The average Bonchev–Trinajstić information content (AvgIpc) is 2.05. The van der Waals surface area contributed by atoms with Crippen LogP contribution in [0.15, 0.2) is 25.3 Å². The van der Waals surface area contributed by atoms with Gasteiger partial charge in [-0.25, -0.2) is 0 Å². The molecule has 0 aromatic carbocycles. The van der Waals surface area contributed by atoms with Crippen LogP contribution in [0.3, 0.4) is 0 Å². The second kappa shape index (κ2) is 7.04. The summed E-state index contributed by atoms with van der Waals surface area (Å²) in [5, 5.41) is 0. The maximum absolute atomic E-state index is 11.2. The van der Waals surface area contributed by atoms with Crippen molar-refractivity contribution >= 4 is 7.37 Å². The molecule has 13 heavy (non-hydrogen) atoms. The molecule has 5 heteroatoms. The Morgan fingerprint density at radius 1 is 1.15 bits per heavy atom. The van der Waals surface area contributed by atoms with E-state index in [2.05, 4.69) is 13.2 Å². The average molecular weight is 206 g/mol. The van der Waals surface area contributed by atoms with Gasteiger partial charge in [0.2, 0.25) is 7.37 Å². The highest BCUT2D eigenvalue weighted by Gasteiger charge is 2.17. The molecular weight excluding hydrogens is 191 g/mol. The molecule has 0 aliphatic rings. The lowest BCUT2D eigenvalue weighted by molar-refractivity contribution is 0.171. The molecule has 0 saturated carbocycles. The van der Waals surface area contributed by atoms with Gasteiger partial charge in [0.25, 0.3) is 0 Å². The fourth-order valence-electron chi connectivity index (χ4n) is 0.595. The van der Waals surface area contributed by atoms with E-state index in [-0.39, 0.29) is 25.9 Å². The molecule has 0 aliphatic heterocycles. The first kappa shape index (κ1) is 12.6. The number of rotatable bonds is 8. The van der Waals surface area contributed by atoms with Crippen LogP contribution in [0.1, 0.15) is 0 Å². The lowest BCUT2D eigenvalue weighted by Gasteiger charge is -2.10. The van der Waals surface area contributed by atoms with Crippen LogP contribution in [-0.2, 0) is 14.0 Å². The van der Waals surface area contributed by atoms with E-state index in [1.807, 2.05) is 0 Å². The summed E-state index contributed by atoms with van der Waals surface area (Å²) in [5.41, 5.74) is 0. The maximum atomic E-state index is 11.2. The van der Waals surface area contributed by atoms with Crippen LogP contribution in [0.2, 0.25) is 0 Å². The Labute approximate surface area is 78.3 Å². The summed E-state index contributed by atoms with van der Waals surface area (Å²) < 4.78 is 20.9. The molecule has 76 valence electrons. The molecule has 0 spiro atoms. The van der Waals surface area contributed by atoms with Crippen molar-refractivity contribution in [1.29, 1.82) is 0 Å². The van der Waals surface area contributed by atoms with Gasteiger partial charge in [-0.3, -0.25) is 4.57 Å². The maximum Gasteiger partial charge on any atom is 0.250 e. The van der Waals surface area contributed by atoms with Gasteiger partial charge in [-0.1, -0.05) is 12.2 Å². The van der Waals surface area contributed by atoms with Crippen molar-refractivity contribution in [3.05, 3.63) is 25.3 Å². The van der Waals surface area contributed by atoms with Crippen molar-refractivity contribution in [2.75, 3.05) is 25.9 Å². The molecule has 0 atom stereocenters. The Bertz CT molecular complexity index is 184. The Balaban J connectivity index is 3.59. The topological polar surface area (TPSA) is 55.8 Å². The van der Waals surface area contributed by atoms with E-state index in [1.54, 1.807) is 0 Å². The molecule has 0 fully saturated rings. The van der Waals surface area contributed by atoms with Gasteiger partial charge in [-0.05, 0) is 0 Å². The van der Waals surface area contributed by atoms with Crippen LogP contribution in [0, 0.1) is 0 Å². The summed E-state index contributed by atoms with van der Waals surface area (Å²) in [5.74, 6) is 0. The minimum Gasteiger partial charge on any atom is -0.367 e. The second-order valence-corrected chi connectivity index (χ2v) is 4.63. The van der Waals surface area contributed by atoms with Gasteiger partial charge in [0.1, 0.15) is 12.7 Å². The predicted molar refractivity (Wildman–Crippen MR) is 51.9 cm³/mol. The highest BCUT2D eigenvalue weighted by molar-refractivity contribution is 7.57. The monoisotopic (exact) mass is 206 g/mol. The third-order valence-corrected chi connectivity index (χ3v) is 2.23. The van der Waals surface area contributed by atoms with Crippen molar-refractivity contribution in [2.24, 2.45) is 0 Å². The summed E-state index contributed by atoms with van der Waals surface area (Å²) in [6.45, 7) is 7.37. The summed E-state index contributed by atoms with van der Waals surface area (Å²) in [7, 11) is -3.29. The van der Waals surface area contributed by atoms with Gasteiger partial charge in [0, 0.05) is 0 Å². The number of ether oxygens (including phenoxy) is 2. The van der Waals surface area contributed by atoms with Gasteiger partial charge in [-0.15, -0.1) is 13.2 Å². The summed E-state index contributed by atoms with van der Waals surface area (Å²) >= 11 is 0. The zero-order chi connectivity index (χ0) is 10.2. The Kier molecular flexibility index (Phi) is 6.82.